The number of hydrogen-bond acceptors (Lipinski definition) is 6. The van der Waals surface area contributed by atoms with Crippen molar-refractivity contribution in [3.8, 4) is 0 Å². The van der Waals surface area contributed by atoms with Crippen LogP contribution in [0.2, 0.25) is 0 Å². The highest BCUT2D eigenvalue weighted by atomic mass is 32.2. The van der Waals surface area contributed by atoms with Crippen LogP contribution in [-0.2, 0) is 24.8 Å². The molecule has 9 nitrogen and oxygen atoms in total. The highest BCUT2D eigenvalue weighted by Gasteiger charge is 2.38. The van der Waals surface area contributed by atoms with Crippen molar-refractivity contribution in [3.63, 3.8) is 0 Å². The van der Waals surface area contributed by atoms with Gasteiger partial charge in [-0.3, -0.25) is 4.79 Å². The molecule has 198 valence electrons. The molecule has 0 unspecified atom stereocenters. The van der Waals surface area contributed by atoms with Crippen molar-refractivity contribution in [2.24, 2.45) is 11.8 Å². The van der Waals surface area contributed by atoms with Crippen molar-refractivity contribution in [2.75, 3.05) is 39.3 Å². The number of piperidine rings is 2. The van der Waals surface area contributed by atoms with Crippen molar-refractivity contribution in [1.29, 1.82) is 0 Å². The summed E-state index contributed by atoms with van der Waals surface area (Å²) in [6, 6.07) is 5.33. The molecule has 2 aliphatic heterocycles. The molecule has 35 heavy (non-hydrogen) atoms. The molecule has 0 aliphatic carbocycles. The summed E-state index contributed by atoms with van der Waals surface area (Å²) in [5.41, 5.74) is -0.773. The second-order valence-electron chi connectivity index (χ2n) is 10.0. The number of carbonyl (C=O) groups excluding carboxylic acids is 1. The molecule has 1 aromatic carbocycles. The van der Waals surface area contributed by atoms with Gasteiger partial charge in [-0.05, 0) is 69.7 Å². The van der Waals surface area contributed by atoms with Gasteiger partial charge in [0.05, 0.1) is 21.3 Å². The van der Waals surface area contributed by atoms with E-state index in [1.165, 1.54) is 32.9 Å². The quantitative estimate of drug-likeness (QED) is 0.552. The van der Waals surface area contributed by atoms with Crippen LogP contribution in [0.5, 0.6) is 0 Å². The summed E-state index contributed by atoms with van der Waals surface area (Å²) in [7, 11) is -7.53. The Kier molecular flexibility index (Phi) is 8.69. The smallest absolute Gasteiger partial charge is 0.243 e. The molecule has 2 aliphatic rings. The predicted octanol–water partition coefficient (Wildman–Crippen LogP) is 2.13. The first kappa shape index (κ1) is 28.0. The normalized spacial score (nSPS) is 21.4. The van der Waals surface area contributed by atoms with Crippen LogP contribution < -0.4 is 0 Å². The Morgan fingerprint density at radius 1 is 0.971 bits per heavy atom. The number of likely N-dealkylation sites (tertiary alicyclic amines) is 1. The van der Waals surface area contributed by atoms with Gasteiger partial charge in [0.15, 0.2) is 0 Å². The number of aliphatic hydroxyl groups is 1. The largest absolute Gasteiger partial charge is 0.390 e. The fourth-order valence-corrected chi connectivity index (χ4v) is 8.05. The van der Waals surface area contributed by atoms with Gasteiger partial charge in [0.2, 0.25) is 26.0 Å². The van der Waals surface area contributed by atoms with E-state index in [0.717, 1.165) is 12.8 Å². The van der Waals surface area contributed by atoms with Gasteiger partial charge in [0, 0.05) is 39.3 Å². The van der Waals surface area contributed by atoms with Crippen LogP contribution in [0.25, 0.3) is 0 Å². The molecule has 2 saturated heterocycles. The molecule has 1 amide bonds. The van der Waals surface area contributed by atoms with Crippen molar-refractivity contribution >= 4 is 26.0 Å². The van der Waals surface area contributed by atoms with Crippen molar-refractivity contribution < 1.29 is 26.7 Å². The molecular weight excluding hydrogens is 490 g/mol. The Balaban J connectivity index is 1.69. The summed E-state index contributed by atoms with van der Waals surface area (Å²) in [5.74, 6) is -0.289. The summed E-state index contributed by atoms with van der Waals surface area (Å²) >= 11 is 0. The lowest BCUT2D eigenvalue weighted by Gasteiger charge is -2.40. The van der Waals surface area contributed by atoms with E-state index in [2.05, 4.69) is 0 Å². The summed E-state index contributed by atoms with van der Waals surface area (Å²) in [6.45, 7) is 9.34. The van der Waals surface area contributed by atoms with Gasteiger partial charge in [-0.1, -0.05) is 13.8 Å². The minimum atomic E-state index is -3.86. The summed E-state index contributed by atoms with van der Waals surface area (Å²) in [6.07, 6.45) is 2.68. The van der Waals surface area contributed by atoms with Gasteiger partial charge < -0.3 is 10.0 Å². The zero-order valence-corrected chi connectivity index (χ0v) is 22.8. The van der Waals surface area contributed by atoms with Crippen molar-refractivity contribution in [1.82, 2.24) is 13.5 Å². The maximum atomic E-state index is 13.3. The van der Waals surface area contributed by atoms with E-state index in [9.17, 15) is 26.7 Å². The monoisotopic (exact) mass is 529 g/mol. The molecule has 1 aromatic rings. The van der Waals surface area contributed by atoms with Gasteiger partial charge in [0.1, 0.15) is 0 Å². The summed E-state index contributed by atoms with van der Waals surface area (Å²) in [5, 5.41) is 10.2. The molecule has 1 N–H and O–H groups in total. The molecule has 3 rings (SSSR count). The Morgan fingerprint density at radius 3 is 2.03 bits per heavy atom. The second kappa shape index (κ2) is 10.8. The lowest BCUT2D eigenvalue weighted by Crippen LogP contribution is -2.50. The zero-order chi connectivity index (χ0) is 26.0. The number of sulfonamides is 2. The molecule has 1 atom stereocenters. The van der Waals surface area contributed by atoms with Gasteiger partial charge in [-0.15, -0.1) is 0 Å². The third-order valence-corrected chi connectivity index (χ3v) is 11.3. The van der Waals surface area contributed by atoms with Gasteiger partial charge in [0.25, 0.3) is 0 Å². The standard InChI is InChI=1S/C24H39N3O6S2/c1-5-26(6-2)34(30,31)21-9-11-22(12-10-21)35(32,33)27-15-7-8-19(18-27)23(28)25-16-13-20(14-17-25)24(3,4)29/h9-12,19-20,29H,5-8,13-18H2,1-4H3/t19-/m1/s1. The van der Waals surface area contributed by atoms with Crippen LogP contribution in [0.3, 0.4) is 0 Å². The number of carbonyl (C=O) groups is 1. The van der Waals surface area contributed by atoms with E-state index in [1.54, 1.807) is 32.6 Å². The highest BCUT2D eigenvalue weighted by molar-refractivity contribution is 7.89. The van der Waals surface area contributed by atoms with Crippen LogP contribution in [0.15, 0.2) is 34.1 Å². The third-order valence-electron chi connectivity index (χ3n) is 7.34. The van der Waals surface area contributed by atoms with Crippen LogP contribution in [-0.4, -0.2) is 86.2 Å². The van der Waals surface area contributed by atoms with E-state index < -0.39 is 31.6 Å². The Morgan fingerprint density at radius 2 is 1.51 bits per heavy atom. The molecule has 0 aromatic heterocycles. The topological polar surface area (TPSA) is 115 Å². The fourth-order valence-electron chi connectivity index (χ4n) is 5.07. The molecule has 11 heteroatoms. The van der Waals surface area contributed by atoms with Crippen LogP contribution in [0.4, 0.5) is 0 Å². The van der Waals surface area contributed by atoms with Crippen LogP contribution in [0.1, 0.15) is 53.4 Å². The fraction of sp³-hybridized carbons (Fsp3) is 0.708. The average molecular weight is 530 g/mol. The minimum absolute atomic E-state index is 0.0232. The number of benzene rings is 1. The number of nitrogens with zero attached hydrogens (tertiary/aromatic N) is 3. The SMILES string of the molecule is CCN(CC)S(=O)(=O)c1ccc(S(=O)(=O)N2CCC[C@@H](C(=O)N3CCC(C(C)(C)O)CC3)C2)cc1. The van der Waals surface area contributed by atoms with E-state index >= 15 is 0 Å². The van der Waals surface area contributed by atoms with Gasteiger partial charge in [-0.25, -0.2) is 16.8 Å². The third kappa shape index (κ3) is 6.07. The molecule has 0 bridgehead atoms. The Hall–Kier alpha value is -1.53. The average Bonchev–Trinajstić information content (AvgIpc) is 2.84. The first-order valence-electron chi connectivity index (χ1n) is 12.4. The lowest BCUT2D eigenvalue weighted by atomic mass is 9.82. The van der Waals surface area contributed by atoms with E-state index in [-0.39, 0.29) is 28.2 Å². The second-order valence-corrected chi connectivity index (χ2v) is 13.9. The maximum absolute atomic E-state index is 13.3. The molecular formula is C24H39N3O6S2. The number of amides is 1. The maximum Gasteiger partial charge on any atom is 0.243 e. The molecule has 0 radical (unpaired) electrons. The lowest BCUT2D eigenvalue weighted by molar-refractivity contribution is -0.139. The Bertz CT molecular complexity index is 1090. The predicted molar refractivity (Wildman–Crippen MR) is 134 cm³/mol. The minimum Gasteiger partial charge on any atom is -0.390 e. The van der Waals surface area contributed by atoms with Gasteiger partial charge >= 0.3 is 0 Å². The Labute approximate surface area is 210 Å². The highest BCUT2D eigenvalue weighted by Crippen LogP contribution is 2.31. The van der Waals surface area contributed by atoms with Crippen LogP contribution in [0, 0.1) is 11.8 Å². The van der Waals surface area contributed by atoms with Crippen LogP contribution >= 0.6 is 0 Å². The van der Waals surface area contributed by atoms with E-state index in [1.807, 2.05) is 0 Å². The van der Waals surface area contributed by atoms with Crippen molar-refractivity contribution in [3.05, 3.63) is 24.3 Å². The molecule has 2 heterocycles. The molecule has 0 saturated carbocycles. The van der Waals surface area contributed by atoms with Crippen molar-refractivity contribution in [2.45, 2.75) is 68.8 Å². The number of rotatable bonds is 8. The first-order valence-corrected chi connectivity index (χ1v) is 15.3. The summed E-state index contributed by atoms with van der Waals surface area (Å²) < 4.78 is 54.7. The van der Waals surface area contributed by atoms with E-state index in [0.29, 0.717) is 45.6 Å². The summed E-state index contributed by atoms with van der Waals surface area (Å²) in [4.78, 5) is 15.0. The molecule has 2 fully saturated rings. The zero-order valence-electron chi connectivity index (χ0n) is 21.2. The first-order chi connectivity index (χ1) is 16.3. The van der Waals surface area contributed by atoms with E-state index in [4.69, 9.17) is 0 Å². The molecule has 0 spiro atoms. The van der Waals surface area contributed by atoms with Gasteiger partial charge in [-0.2, -0.15) is 8.61 Å². The number of hydrogen-bond donors (Lipinski definition) is 1.